The Morgan fingerprint density at radius 1 is 1.42 bits per heavy atom. The number of H-pyrrole nitrogens is 1. The summed E-state index contributed by atoms with van der Waals surface area (Å²) in [7, 11) is 0. The van der Waals surface area contributed by atoms with Gasteiger partial charge in [-0.3, -0.25) is 4.79 Å². The SMILES string of the molecule is CCCNC(c1ccc(=O)[nH]n1)c1nccn1CC. The highest BCUT2D eigenvalue weighted by molar-refractivity contribution is 5.16. The van der Waals surface area contributed by atoms with Gasteiger partial charge in [0.2, 0.25) is 0 Å². The summed E-state index contributed by atoms with van der Waals surface area (Å²) < 4.78 is 2.07. The van der Waals surface area contributed by atoms with Crippen molar-refractivity contribution in [1.82, 2.24) is 25.1 Å². The Labute approximate surface area is 111 Å². The van der Waals surface area contributed by atoms with Crippen molar-refractivity contribution in [2.24, 2.45) is 0 Å². The highest BCUT2D eigenvalue weighted by atomic mass is 16.1. The Balaban J connectivity index is 2.35. The molecule has 0 aliphatic heterocycles. The van der Waals surface area contributed by atoms with Crippen molar-refractivity contribution in [3.8, 4) is 0 Å². The summed E-state index contributed by atoms with van der Waals surface area (Å²) in [4.78, 5) is 15.5. The molecule has 0 aliphatic rings. The van der Waals surface area contributed by atoms with Gasteiger partial charge in [-0.05, 0) is 26.0 Å². The van der Waals surface area contributed by atoms with Gasteiger partial charge >= 0.3 is 0 Å². The van der Waals surface area contributed by atoms with E-state index < -0.39 is 0 Å². The number of imidazole rings is 1. The van der Waals surface area contributed by atoms with Gasteiger partial charge in [0.25, 0.3) is 5.56 Å². The quantitative estimate of drug-likeness (QED) is 0.815. The first-order valence-electron chi connectivity index (χ1n) is 6.56. The predicted molar refractivity (Wildman–Crippen MR) is 72.9 cm³/mol. The maximum Gasteiger partial charge on any atom is 0.264 e. The first-order valence-corrected chi connectivity index (χ1v) is 6.56. The molecule has 0 aliphatic carbocycles. The van der Waals surface area contributed by atoms with E-state index in [-0.39, 0.29) is 11.6 Å². The van der Waals surface area contributed by atoms with Gasteiger partial charge in [0, 0.05) is 25.0 Å². The maximum absolute atomic E-state index is 11.1. The van der Waals surface area contributed by atoms with Crippen LogP contribution < -0.4 is 10.9 Å². The van der Waals surface area contributed by atoms with Crippen molar-refractivity contribution in [2.75, 3.05) is 6.54 Å². The van der Waals surface area contributed by atoms with Crippen LogP contribution in [0.15, 0.2) is 29.3 Å². The molecule has 2 aromatic heterocycles. The fraction of sp³-hybridized carbons (Fsp3) is 0.462. The Kier molecular flexibility index (Phi) is 4.46. The van der Waals surface area contributed by atoms with Gasteiger partial charge in [0.15, 0.2) is 0 Å². The van der Waals surface area contributed by atoms with Gasteiger partial charge in [-0.15, -0.1) is 0 Å². The normalized spacial score (nSPS) is 12.5. The number of aromatic nitrogens is 4. The van der Waals surface area contributed by atoms with Gasteiger partial charge in [0.05, 0.1) is 5.69 Å². The van der Waals surface area contributed by atoms with Crippen molar-refractivity contribution < 1.29 is 0 Å². The van der Waals surface area contributed by atoms with Crippen LogP contribution >= 0.6 is 0 Å². The Morgan fingerprint density at radius 3 is 2.89 bits per heavy atom. The van der Waals surface area contributed by atoms with E-state index in [0.29, 0.717) is 0 Å². The van der Waals surface area contributed by atoms with Crippen LogP contribution in [-0.4, -0.2) is 26.3 Å². The number of hydrogen-bond acceptors (Lipinski definition) is 4. The van der Waals surface area contributed by atoms with Crippen molar-refractivity contribution in [2.45, 2.75) is 32.9 Å². The lowest BCUT2D eigenvalue weighted by molar-refractivity contribution is 0.527. The van der Waals surface area contributed by atoms with E-state index in [9.17, 15) is 4.79 Å². The standard InChI is InChI=1S/C13H19N5O/c1-3-7-14-12(10-5-6-11(19)17-16-10)13-15-8-9-18(13)4-2/h5-6,8-9,12,14H,3-4,7H2,1-2H3,(H,17,19). The van der Waals surface area contributed by atoms with E-state index in [4.69, 9.17) is 0 Å². The summed E-state index contributed by atoms with van der Waals surface area (Å²) in [5.41, 5.74) is 0.575. The van der Waals surface area contributed by atoms with Crippen LogP contribution in [-0.2, 0) is 6.54 Å². The molecule has 1 atom stereocenters. The summed E-state index contributed by atoms with van der Waals surface area (Å²) in [6.45, 7) is 5.89. The summed E-state index contributed by atoms with van der Waals surface area (Å²) in [5, 5.41) is 10.00. The average molecular weight is 261 g/mol. The second-order valence-corrected chi connectivity index (χ2v) is 4.30. The van der Waals surface area contributed by atoms with Gasteiger partial charge in [-0.1, -0.05) is 6.92 Å². The van der Waals surface area contributed by atoms with Gasteiger partial charge in [-0.25, -0.2) is 10.1 Å². The smallest absolute Gasteiger partial charge is 0.264 e. The number of aryl methyl sites for hydroxylation is 1. The molecule has 0 bridgehead atoms. The number of nitrogens with zero attached hydrogens (tertiary/aromatic N) is 3. The van der Waals surface area contributed by atoms with E-state index in [2.05, 4.69) is 38.9 Å². The van der Waals surface area contributed by atoms with Gasteiger partial charge in [-0.2, -0.15) is 5.10 Å². The minimum Gasteiger partial charge on any atom is -0.334 e. The second-order valence-electron chi connectivity index (χ2n) is 4.30. The lowest BCUT2D eigenvalue weighted by Gasteiger charge is -2.18. The third-order valence-corrected chi connectivity index (χ3v) is 2.94. The van der Waals surface area contributed by atoms with E-state index in [0.717, 1.165) is 31.0 Å². The fourth-order valence-corrected chi connectivity index (χ4v) is 1.98. The molecule has 2 rings (SSSR count). The molecule has 0 radical (unpaired) electrons. The zero-order valence-corrected chi connectivity index (χ0v) is 11.3. The van der Waals surface area contributed by atoms with Crippen LogP contribution in [0.2, 0.25) is 0 Å². The van der Waals surface area contributed by atoms with Crippen LogP contribution in [0.25, 0.3) is 0 Å². The molecule has 6 nitrogen and oxygen atoms in total. The van der Waals surface area contributed by atoms with Crippen molar-refractivity contribution in [1.29, 1.82) is 0 Å². The molecule has 2 aromatic rings. The van der Waals surface area contributed by atoms with Crippen molar-refractivity contribution >= 4 is 0 Å². The largest absolute Gasteiger partial charge is 0.334 e. The topological polar surface area (TPSA) is 75.6 Å². The summed E-state index contributed by atoms with van der Waals surface area (Å²) in [6, 6.07) is 3.12. The molecular formula is C13H19N5O. The second kappa shape index (κ2) is 6.29. The molecule has 0 amide bonds. The Hall–Kier alpha value is -1.95. The Bertz CT molecular complexity index is 554. The fourth-order valence-electron chi connectivity index (χ4n) is 1.98. The maximum atomic E-state index is 11.1. The zero-order chi connectivity index (χ0) is 13.7. The molecule has 102 valence electrons. The minimum absolute atomic E-state index is 0.105. The number of aromatic amines is 1. The highest BCUT2D eigenvalue weighted by Gasteiger charge is 2.19. The lowest BCUT2D eigenvalue weighted by atomic mass is 10.1. The molecule has 1 unspecified atom stereocenters. The molecule has 0 spiro atoms. The zero-order valence-electron chi connectivity index (χ0n) is 11.3. The molecule has 0 saturated heterocycles. The average Bonchev–Trinajstić information content (AvgIpc) is 2.89. The molecule has 19 heavy (non-hydrogen) atoms. The van der Waals surface area contributed by atoms with E-state index >= 15 is 0 Å². The van der Waals surface area contributed by atoms with Crippen LogP contribution in [0.4, 0.5) is 0 Å². The van der Waals surface area contributed by atoms with Crippen molar-refractivity contribution in [3.63, 3.8) is 0 Å². The van der Waals surface area contributed by atoms with Crippen LogP contribution in [0.1, 0.15) is 37.8 Å². The van der Waals surface area contributed by atoms with E-state index in [1.807, 2.05) is 6.20 Å². The monoisotopic (exact) mass is 261 g/mol. The van der Waals surface area contributed by atoms with Gasteiger partial charge in [0.1, 0.15) is 11.9 Å². The summed E-state index contributed by atoms with van der Waals surface area (Å²) in [5.74, 6) is 0.912. The van der Waals surface area contributed by atoms with E-state index in [1.165, 1.54) is 6.07 Å². The predicted octanol–water partition coefficient (Wildman–Crippen LogP) is 1.08. The highest BCUT2D eigenvalue weighted by Crippen LogP contribution is 2.17. The summed E-state index contributed by atoms with van der Waals surface area (Å²) >= 11 is 0. The van der Waals surface area contributed by atoms with E-state index in [1.54, 1.807) is 12.3 Å². The first kappa shape index (κ1) is 13.5. The number of hydrogen-bond donors (Lipinski definition) is 2. The third kappa shape index (κ3) is 3.08. The molecule has 6 heteroatoms. The van der Waals surface area contributed by atoms with Gasteiger partial charge < -0.3 is 9.88 Å². The lowest BCUT2D eigenvalue weighted by Crippen LogP contribution is -2.28. The molecular weight excluding hydrogens is 242 g/mol. The number of rotatable bonds is 6. The minimum atomic E-state index is -0.197. The third-order valence-electron chi connectivity index (χ3n) is 2.94. The Morgan fingerprint density at radius 2 is 2.26 bits per heavy atom. The molecule has 2 N–H and O–H groups in total. The molecule has 2 heterocycles. The number of nitrogens with one attached hydrogen (secondary N) is 2. The van der Waals surface area contributed by atoms with Crippen LogP contribution in [0.3, 0.4) is 0 Å². The van der Waals surface area contributed by atoms with Crippen LogP contribution in [0.5, 0.6) is 0 Å². The van der Waals surface area contributed by atoms with Crippen LogP contribution in [0, 0.1) is 0 Å². The molecule has 0 saturated carbocycles. The summed E-state index contributed by atoms with van der Waals surface area (Å²) in [6.07, 6.45) is 4.75. The molecule has 0 aromatic carbocycles. The molecule has 0 fully saturated rings. The van der Waals surface area contributed by atoms with Crippen molar-refractivity contribution in [3.05, 3.63) is 46.4 Å². The first-order chi connectivity index (χ1) is 9.26.